The van der Waals surface area contributed by atoms with Crippen molar-refractivity contribution in [2.75, 3.05) is 6.54 Å². The van der Waals surface area contributed by atoms with Gasteiger partial charge in [-0.2, -0.15) is 0 Å². The van der Waals surface area contributed by atoms with Gasteiger partial charge in [0.2, 0.25) is 0 Å². The average molecular weight is 311 g/mol. The maximum absolute atomic E-state index is 10.4. The number of unbranched alkanes of at least 4 members (excludes halogenated alkanes) is 1. The van der Waals surface area contributed by atoms with Gasteiger partial charge in [-0.05, 0) is 43.9 Å². The Morgan fingerprint density at radius 3 is 2.48 bits per heavy atom. The van der Waals surface area contributed by atoms with Crippen molar-refractivity contribution in [2.45, 2.75) is 45.4 Å². The molecule has 0 aliphatic heterocycles. The lowest BCUT2D eigenvalue weighted by molar-refractivity contribution is 0.427. The van der Waals surface area contributed by atoms with Crippen molar-refractivity contribution in [2.24, 2.45) is 11.7 Å². The second-order valence-electron chi connectivity index (χ2n) is 6.65. The molecule has 0 saturated heterocycles. The molecular formula is C21H29NO. The summed E-state index contributed by atoms with van der Waals surface area (Å²) < 4.78 is 0. The SMILES string of the molecule is Cc1ccc(O)c(C(CC(C)CCCCN)c2ccccc2)c1. The standard InChI is InChI=1S/C21H29NO/c1-16(8-6-7-13-22)14-19(18-9-4-3-5-10-18)20-15-17(2)11-12-21(20)23/h3-5,9-12,15-16,19,23H,6-8,13-14,22H2,1-2H3. The number of aryl methyl sites for hydroxylation is 1. The maximum atomic E-state index is 10.4. The van der Waals surface area contributed by atoms with Crippen molar-refractivity contribution >= 4 is 0 Å². The molecule has 23 heavy (non-hydrogen) atoms. The summed E-state index contributed by atoms with van der Waals surface area (Å²) in [5.74, 6) is 1.24. The van der Waals surface area contributed by atoms with Gasteiger partial charge in [-0.25, -0.2) is 0 Å². The van der Waals surface area contributed by atoms with Crippen molar-refractivity contribution < 1.29 is 5.11 Å². The van der Waals surface area contributed by atoms with Crippen LogP contribution in [0, 0.1) is 12.8 Å². The van der Waals surface area contributed by atoms with Crippen LogP contribution in [0.15, 0.2) is 48.5 Å². The van der Waals surface area contributed by atoms with Gasteiger partial charge in [0.05, 0.1) is 0 Å². The first-order chi connectivity index (χ1) is 11.1. The Kier molecular flexibility index (Phi) is 6.66. The third-order valence-electron chi connectivity index (χ3n) is 4.55. The number of aromatic hydroxyl groups is 1. The average Bonchev–Trinajstić information content (AvgIpc) is 2.56. The third-order valence-corrected chi connectivity index (χ3v) is 4.55. The Labute approximate surface area is 140 Å². The number of nitrogens with two attached hydrogens (primary N) is 1. The fraction of sp³-hybridized carbons (Fsp3) is 0.429. The van der Waals surface area contributed by atoms with Crippen molar-refractivity contribution in [1.82, 2.24) is 0 Å². The summed E-state index contributed by atoms with van der Waals surface area (Å²) in [5.41, 5.74) is 9.11. The van der Waals surface area contributed by atoms with Crippen LogP contribution in [0.25, 0.3) is 0 Å². The van der Waals surface area contributed by atoms with Crippen molar-refractivity contribution in [1.29, 1.82) is 0 Å². The molecule has 2 aromatic carbocycles. The van der Waals surface area contributed by atoms with Gasteiger partial charge >= 0.3 is 0 Å². The summed E-state index contributed by atoms with van der Waals surface area (Å²) in [4.78, 5) is 0. The molecule has 3 N–H and O–H groups in total. The highest BCUT2D eigenvalue weighted by atomic mass is 16.3. The van der Waals surface area contributed by atoms with E-state index in [1.807, 2.05) is 18.2 Å². The number of phenolic OH excluding ortho intramolecular Hbond substituents is 1. The first-order valence-electron chi connectivity index (χ1n) is 8.66. The molecule has 2 unspecified atom stereocenters. The van der Waals surface area contributed by atoms with E-state index in [9.17, 15) is 5.11 Å². The summed E-state index contributed by atoms with van der Waals surface area (Å²) in [5, 5.41) is 10.4. The van der Waals surface area contributed by atoms with Crippen molar-refractivity contribution in [3.05, 3.63) is 65.2 Å². The van der Waals surface area contributed by atoms with Crippen LogP contribution in [-0.2, 0) is 0 Å². The molecule has 124 valence electrons. The molecule has 0 aromatic heterocycles. The fourth-order valence-corrected chi connectivity index (χ4v) is 3.24. The Hall–Kier alpha value is -1.80. The molecule has 2 atom stereocenters. The number of benzene rings is 2. The fourth-order valence-electron chi connectivity index (χ4n) is 3.24. The minimum Gasteiger partial charge on any atom is -0.508 e. The molecule has 0 bridgehead atoms. The normalized spacial score (nSPS) is 13.7. The van der Waals surface area contributed by atoms with Crippen LogP contribution in [0.3, 0.4) is 0 Å². The largest absolute Gasteiger partial charge is 0.508 e. The lowest BCUT2D eigenvalue weighted by Crippen LogP contribution is -2.08. The van der Waals surface area contributed by atoms with Crippen molar-refractivity contribution in [3.63, 3.8) is 0 Å². The molecule has 0 amide bonds. The van der Waals surface area contributed by atoms with Gasteiger partial charge in [-0.15, -0.1) is 0 Å². The maximum Gasteiger partial charge on any atom is 0.119 e. The Balaban J connectivity index is 2.24. The molecule has 0 aliphatic rings. The number of hydrogen-bond donors (Lipinski definition) is 2. The van der Waals surface area contributed by atoms with Gasteiger partial charge in [0.25, 0.3) is 0 Å². The van der Waals surface area contributed by atoms with E-state index in [-0.39, 0.29) is 5.92 Å². The van der Waals surface area contributed by atoms with Crippen molar-refractivity contribution in [3.8, 4) is 5.75 Å². The van der Waals surface area contributed by atoms with E-state index in [0.29, 0.717) is 11.7 Å². The molecule has 0 spiro atoms. The zero-order valence-electron chi connectivity index (χ0n) is 14.3. The van der Waals surface area contributed by atoms with E-state index in [1.165, 1.54) is 24.0 Å². The van der Waals surface area contributed by atoms with E-state index < -0.39 is 0 Å². The second kappa shape index (κ2) is 8.73. The van der Waals surface area contributed by atoms with Gasteiger partial charge in [-0.1, -0.05) is 67.8 Å². The molecule has 2 nitrogen and oxygen atoms in total. The van der Waals surface area contributed by atoms with E-state index >= 15 is 0 Å². The molecule has 2 heteroatoms. The summed E-state index contributed by atoms with van der Waals surface area (Å²) >= 11 is 0. The van der Waals surface area contributed by atoms with E-state index in [1.54, 1.807) is 0 Å². The first kappa shape index (κ1) is 17.6. The highest BCUT2D eigenvalue weighted by Crippen LogP contribution is 2.37. The Morgan fingerprint density at radius 1 is 1.04 bits per heavy atom. The topological polar surface area (TPSA) is 46.2 Å². The molecule has 0 radical (unpaired) electrons. The van der Waals surface area contributed by atoms with E-state index in [0.717, 1.165) is 24.9 Å². The number of hydrogen-bond acceptors (Lipinski definition) is 2. The van der Waals surface area contributed by atoms with Gasteiger partial charge in [0.15, 0.2) is 0 Å². The molecule has 2 rings (SSSR count). The Bertz CT molecular complexity index is 594. The second-order valence-corrected chi connectivity index (χ2v) is 6.65. The molecule has 0 heterocycles. The van der Waals surface area contributed by atoms with Crippen LogP contribution in [0.4, 0.5) is 0 Å². The number of phenols is 1. The predicted molar refractivity (Wildman–Crippen MR) is 97.8 cm³/mol. The molecule has 0 aliphatic carbocycles. The monoisotopic (exact) mass is 311 g/mol. The third kappa shape index (κ3) is 5.11. The van der Waals surface area contributed by atoms with Crippen LogP contribution >= 0.6 is 0 Å². The molecule has 0 saturated carbocycles. The lowest BCUT2D eigenvalue weighted by Gasteiger charge is -2.23. The van der Waals surface area contributed by atoms with Gasteiger partial charge < -0.3 is 10.8 Å². The highest BCUT2D eigenvalue weighted by Gasteiger charge is 2.20. The van der Waals surface area contributed by atoms with E-state index in [4.69, 9.17) is 5.73 Å². The van der Waals surface area contributed by atoms with Crippen LogP contribution in [0.5, 0.6) is 5.75 Å². The van der Waals surface area contributed by atoms with Gasteiger partial charge in [0, 0.05) is 11.5 Å². The minimum atomic E-state index is 0.240. The minimum absolute atomic E-state index is 0.240. The summed E-state index contributed by atoms with van der Waals surface area (Å²) in [6.07, 6.45) is 4.51. The zero-order valence-corrected chi connectivity index (χ0v) is 14.3. The highest BCUT2D eigenvalue weighted by molar-refractivity contribution is 5.43. The van der Waals surface area contributed by atoms with Gasteiger partial charge in [0.1, 0.15) is 5.75 Å². The summed E-state index contributed by atoms with van der Waals surface area (Å²) in [7, 11) is 0. The van der Waals surface area contributed by atoms with Crippen LogP contribution in [0.2, 0.25) is 0 Å². The smallest absolute Gasteiger partial charge is 0.119 e. The number of rotatable bonds is 8. The molecule has 0 fully saturated rings. The van der Waals surface area contributed by atoms with Crippen LogP contribution in [0.1, 0.15) is 55.2 Å². The van der Waals surface area contributed by atoms with E-state index in [2.05, 4.69) is 44.2 Å². The van der Waals surface area contributed by atoms with Crippen LogP contribution in [-0.4, -0.2) is 11.7 Å². The van der Waals surface area contributed by atoms with Crippen LogP contribution < -0.4 is 5.73 Å². The Morgan fingerprint density at radius 2 is 1.78 bits per heavy atom. The summed E-state index contributed by atoms with van der Waals surface area (Å²) in [6.45, 7) is 5.16. The summed E-state index contributed by atoms with van der Waals surface area (Å²) in [6, 6.07) is 16.4. The predicted octanol–water partition coefficient (Wildman–Crippen LogP) is 4.99. The zero-order chi connectivity index (χ0) is 16.7. The van der Waals surface area contributed by atoms with Gasteiger partial charge in [-0.3, -0.25) is 0 Å². The lowest BCUT2D eigenvalue weighted by atomic mass is 9.82. The quantitative estimate of drug-likeness (QED) is 0.675. The first-order valence-corrected chi connectivity index (χ1v) is 8.66. The molecule has 2 aromatic rings. The molecular weight excluding hydrogens is 282 g/mol.